The van der Waals surface area contributed by atoms with Crippen LogP contribution in [0.5, 0.6) is 5.75 Å². The van der Waals surface area contributed by atoms with Crippen LogP contribution in [-0.2, 0) is 6.42 Å². The van der Waals surface area contributed by atoms with E-state index in [0.29, 0.717) is 17.8 Å². The maximum atomic E-state index is 11.0. The molecule has 0 radical (unpaired) electrons. The zero-order valence-corrected chi connectivity index (χ0v) is 18.8. The second-order valence-electron chi connectivity index (χ2n) is 10.3. The largest absolute Gasteiger partial charge is 0.497 e. The minimum atomic E-state index is -0.152. The van der Waals surface area contributed by atoms with Crippen LogP contribution in [0.1, 0.15) is 88.7 Å². The van der Waals surface area contributed by atoms with E-state index >= 15 is 0 Å². The zero-order valence-electron chi connectivity index (χ0n) is 18.8. The van der Waals surface area contributed by atoms with E-state index in [4.69, 9.17) is 4.74 Å². The number of ether oxygens (including phenoxy) is 1. The molecule has 3 unspecified atom stereocenters. The molecule has 1 aromatic rings. The summed E-state index contributed by atoms with van der Waals surface area (Å²) < 4.78 is 5.53. The molecule has 2 fully saturated rings. The number of hydrogen-bond donors (Lipinski definition) is 1. The van der Waals surface area contributed by atoms with Crippen LogP contribution in [-0.4, -0.2) is 18.3 Å². The van der Waals surface area contributed by atoms with E-state index in [2.05, 4.69) is 44.7 Å². The molecule has 1 aromatic carbocycles. The normalized spacial score (nSPS) is 38.1. The molecule has 29 heavy (non-hydrogen) atoms. The van der Waals surface area contributed by atoms with Gasteiger partial charge in [0.2, 0.25) is 0 Å². The van der Waals surface area contributed by atoms with Gasteiger partial charge >= 0.3 is 0 Å². The van der Waals surface area contributed by atoms with Crippen LogP contribution in [0, 0.1) is 22.7 Å². The van der Waals surface area contributed by atoms with E-state index in [1.807, 2.05) is 0 Å². The lowest BCUT2D eigenvalue weighted by molar-refractivity contribution is -0.0812. The standard InChI is InChI=1S/C27H40O2/c1-5-7-8-9-10-20-18-26(3)23(13-14-24(26)28)27(6-2)16-15-19-17-21(29-4)11-12-22(19)25(20)27/h6,11-12,17,20,23-25,28H,2,5,7-10,13-16,18H2,1,3-4H3/t20?,23-,24?,25-,26+,27?/m1/s1. The Labute approximate surface area is 177 Å². The number of aliphatic hydroxyl groups excluding tert-OH is 1. The Hall–Kier alpha value is -1.28. The van der Waals surface area contributed by atoms with E-state index < -0.39 is 0 Å². The highest BCUT2D eigenvalue weighted by Crippen LogP contribution is 2.69. The first-order valence-corrected chi connectivity index (χ1v) is 12.0. The molecule has 0 heterocycles. The highest BCUT2D eigenvalue weighted by molar-refractivity contribution is 5.44. The van der Waals surface area contributed by atoms with E-state index in [-0.39, 0.29) is 16.9 Å². The summed E-state index contributed by atoms with van der Waals surface area (Å²) in [6.07, 6.45) is 14.2. The third-order valence-corrected chi connectivity index (χ3v) is 9.01. The molecule has 160 valence electrons. The Morgan fingerprint density at radius 2 is 2.07 bits per heavy atom. The molecule has 3 aliphatic rings. The van der Waals surface area contributed by atoms with Gasteiger partial charge in [-0.05, 0) is 90.4 Å². The van der Waals surface area contributed by atoms with Crippen molar-refractivity contribution in [3.05, 3.63) is 42.0 Å². The van der Waals surface area contributed by atoms with Crippen molar-refractivity contribution in [1.29, 1.82) is 0 Å². The summed E-state index contributed by atoms with van der Waals surface area (Å²) in [7, 11) is 1.76. The topological polar surface area (TPSA) is 29.5 Å². The number of benzene rings is 1. The van der Waals surface area contributed by atoms with Crippen molar-refractivity contribution in [2.45, 2.75) is 90.1 Å². The lowest BCUT2D eigenvalue weighted by atomic mass is 9.44. The monoisotopic (exact) mass is 396 g/mol. The van der Waals surface area contributed by atoms with E-state index in [0.717, 1.165) is 31.4 Å². The van der Waals surface area contributed by atoms with Crippen LogP contribution in [0.25, 0.3) is 0 Å². The predicted molar refractivity (Wildman–Crippen MR) is 120 cm³/mol. The van der Waals surface area contributed by atoms with Gasteiger partial charge in [0.1, 0.15) is 5.75 Å². The summed E-state index contributed by atoms with van der Waals surface area (Å²) >= 11 is 0. The zero-order chi connectivity index (χ0) is 20.6. The van der Waals surface area contributed by atoms with Gasteiger partial charge < -0.3 is 9.84 Å². The number of aryl methyl sites for hydroxylation is 1. The summed E-state index contributed by atoms with van der Waals surface area (Å²) in [6, 6.07) is 6.78. The number of allylic oxidation sites excluding steroid dienone is 1. The molecule has 2 saturated carbocycles. The minimum absolute atomic E-state index is 0.0457. The molecule has 4 rings (SSSR count). The molecule has 2 heteroatoms. The highest BCUT2D eigenvalue weighted by Gasteiger charge is 2.63. The first-order valence-electron chi connectivity index (χ1n) is 12.0. The SMILES string of the molecule is C=CC12CCc3cc(OC)ccc3[C@H]1C(CCCCCC)C[C@]1(C)C(O)CC[C@@H]21. The van der Waals surface area contributed by atoms with Crippen LogP contribution in [0.3, 0.4) is 0 Å². The van der Waals surface area contributed by atoms with Gasteiger partial charge in [0.15, 0.2) is 0 Å². The van der Waals surface area contributed by atoms with Crippen molar-refractivity contribution in [3.63, 3.8) is 0 Å². The first-order chi connectivity index (χ1) is 14.0. The molecule has 0 amide bonds. The molecular formula is C27H40O2. The van der Waals surface area contributed by atoms with Gasteiger partial charge in [-0.15, -0.1) is 6.58 Å². The lowest BCUT2D eigenvalue weighted by Gasteiger charge is -2.60. The van der Waals surface area contributed by atoms with Crippen LogP contribution in [0.2, 0.25) is 0 Å². The summed E-state index contributed by atoms with van der Waals surface area (Å²) in [5, 5.41) is 11.0. The second kappa shape index (κ2) is 8.10. The molecule has 1 N–H and O–H groups in total. The highest BCUT2D eigenvalue weighted by atomic mass is 16.5. The fraction of sp³-hybridized carbons (Fsp3) is 0.704. The van der Waals surface area contributed by atoms with Crippen molar-refractivity contribution < 1.29 is 9.84 Å². The van der Waals surface area contributed by atoms with Crippen molar-refractivity contribution in [1.82, 2.24) is 0 Å². The first kappa shape index (κ1) is 21.0. The molecule has 0 saturated heterocycles. The number of hydrogen-bond acceptors (Lipinski definition) is 2. The molecule has 0 spiro atoms. The van der Waals surface area contributed by atoms with Crippen molar-refractivity contribution >= 4 is 0 Å². The van der Waals surface area contributed by atoms with Gasteiger partial charge in [-0.25, -0.2) is 0 Å². The number of aliphatic hydroxyl groups is 1. The second-order valence-corrected chi connectivity index (χ2v) is 10.3. The van der Waals surface area contributed by atoms with Gasteiger partial charge in [0, 0.05) is 0 Å². The Balaban J connectivity index is 1.76. The van der Waals surface area contributed by atoms with Gasteiger partial charge in [0.05, 0.1) is 13.2 Å². The van der Waals surface area contributed by atoms with Gasteiger partial charge in [-0.3, -0.25) is 0 Å². The van der Waals surface area contributed by atoms with Crippen LogP contribution in [0.4, 0.5) is 0 Å². The number of rotatable bonds is 7. The van der Waals surface area contributed by atoms with Gasteiger partial charge in [-0.1, -0.05) is 51.7 Å². The van der Waals surface area contributed by atoms with Crippen LogP contribution >= 0.6 is 0 Å². The molecule has 0 aliphatic heterocycles. The average Bonchev–Trinajstić information content (AvgIpc) is 3.04. The molecule has 0 aromatic heterocycles. The molecule has 0 bridgehead atoms. The Morgan fingerprint density at radius 3 is 2.79 bits per heavy atom. The Morgan fingerprint density at radius 1 is 1.24 bits per heavy atom. The molecule has 2 nitrogen and oxygen atoms in total. The van der Waals surface area contributed by atoms with E-state index in [1.165, 1.54) is 44.1 Å². The molecular weight excluding hydrogens is 356 g/mol. The fourth-order valence-corrected chi connectivity index (χ4v) is 7.64. The van der Waals surface area contributed by atoms with Gasteiger partial charge in [0.25, 0.3) is 0 Å². The third kappa shape index (κ3) is 3.26. The summed E-state index contributed by atoms with van der Waals surface area (Å²) in [5.41, 5.74) is 3.19. The van der Waals surface area contributed by atoms with Crippen LogP contribution < -0.4 is 4.74 Å². The maximum absolute atomic E-state index is 11.0. The summed E-state index contributed by atoms with van der Waals surface area (Å²) in [5.74, 6) is 2.70. The van der Waals surface area contributed by atoms with E-state index in [1.54, 1.807) is 12.7 Å². The number of fused-ring (bicyclic) bond motifs is 5. The van der Waals surface area contributed by atoms with Crippen molar-refractivity contribution in [2.24, 2.45) is 22.7 Å². The Kier molecular flexibility index (Phi) is 5.86. The van der Waals surface area contributed by atoms with Gasteiger partial charge in [-0.2, -0.15) is 0 Å². The summed E-state index contributed by atoms with van der Waals surface area (Å²) in [6.45, 7) is 9.10. The van der Waals surface area contributed by atoms with Crippen molar-refractivity contribution in [3.8, 4) is 5.75 Å². The maximum Gasteiger partial charge on any atom is 0.119 e. The number of methoxy groups -OCH3 is 1. The predicted octanol–water partition coefficient (Wildman–Crippen LogP) is 6.66. The smallest absolute Gasteiger partial charge is 0.119 e. The lowest BCUT2D eigenvalue weighted by Crippen LogP contribution is -2.54. The molecule has 6 atom stereocenters. The quantitative estimate of drug-likeness (QED) is 0.412. The average molecular weight is 397 g/mol. The minimum Gasteiger partial charge on any atom is -0.497 e. The molecule has 3 aliphatic carbocycles. The number of unbranched alkanes of at least 4 members (excludes halogenated alkanes) is 3. The van der Waals surface area contributed by atoms with Crippen LogP contribution in [0.15, 0.2) is 30.9 Å². The third-order valence-electron chi connectivity index (χ3n) is 9.01. The summed E-state index contributed by atoms with van der Waals surface area (Å²) in [4.78, 5) is 0. The van der Waals surface area contributed by atoms with Crippen molar-refractivity contribution in [2.75, 3.05) is 7.11 Å². The van der Waals surface area contributed by atoms with E-state index in [9.17, 15) is 5.11 Å². The fourth-order valence-electron chi connectivity index (χ4n) is 7.64. The Bertz CT molecular complexity index is 740.